The van der Waals surface area contributed by atoms with Crippen LogP contribution in [0.5, 0.6) is 0 Å². The molecule has 0 N–H and O–H groups in total. The van der Waals surface area contributed by atoms with Gasteiger partial charge in [0.15, 0.2) is 6.10 Å². The monoisotopic (exact) mass is 190 g/mol. The normalized spacial score (nSPS) is 20.5. The van der Waals surface area contributed by atoms with Crippen molar-refractivity contribution in [3.8, 4) is 0 Å². The van der Waals surface area contributed by atoms with E-state index in [-0.39, 0.29) is 0 Å². The van der Waals surface area contributed by atoms with Gasteiger partial charge in [0.05, 0.1) is 0 Å². The number of ether oxygens (including phenoxy) is 2. The van der Waals surface area contributed by atoms with Crippen molar-refractivity contribution in [1.82, 2.24) is 0 Å². The predicted molar refractivity (Wildman–Crippen MR) is 50.6 cm³/mol. The lowest BCUT2D eigenvalue weighted by molar-refractivity contribution is 0.118. The third kappa shape index (κ3) is 1.48. The Hall–Kier alpha value is -1.77. The summed E-state index contributed by atoms with van der Waals surface area (Å²) in [6.45, 7) is 5.61. The summed E-state index contributed by atoms with van der Waals surface area (Å²) in [4.78, 5) is 10.8. The SMILES string of the molecule is C=C1OC(=O)OC1c1ccc(C)cc1. The van der Waals surface area contributed by atoms with E-state index in [2.05, 4.69) is 6.58 Å². The molecule has 0 radical (unpaired) electrons. The Morgan fingerprint density at radius 3 is 2.43 bits per heavy atom. The summed E-state index contributed by atoms with van der Waals surface area (Å²) in [6.07, 6.45) is -1.14. The Kier molecular flexibility index (Phi) is 2.00. The van der Waals surface area contributed by atoms with Crippen molar-refractivity contribution in [3.63, 3.8) is 0 Å². The second kappa shape index (κ2) is 3.18. The molecule has 3 nitrogen and oxygen atoms in total. The van der Waals surface area contributed by atoms with Crippen LogP contribution in [0.3, 0.4) is 0 Å². The van der Waals surface area contributed by atoms with Crippen LogP contribution in [0.1, 0.15) is 17.2 Å². The molecule has 0 spiro atoms. The van der Waals surface area contributed by atoms with E-state index in [1.807, 2.05) is 31.2 Å². The first-order chi connectivity index (χ1) is 6.66. The van der Waals surface area contributed by atoms with Crippen molar-refractivity contribution in [3.05, 3.63) is 47.7 Å². The summed E-state index contributed by atoms with van der Waals surface area (Å²) < 4.78 is 9.64. The maximum absolute atomic E-state index is 10.8. The van der Waals surface area contributed by atoms with Crippen molar-refractivity contribution in [2.75, 3.05) is 0 Å². The van der Waals surface area contributed by atoms with Crippen molar-refractivity contribution >= 4 is 6.16 Å². The summed E-state index contributed by atoms with van der Waals surface area (Å²) >= 11 is 0. The third-order valence-electron chi connectivity index (χ3n) is 2.10. The number of hydrogen-bond acceptors (Lipinski definition) is 3. The van der Waals surface area contributed by atoms with Gasteiger partial charge in [-0.05, 0) is 6.92 Å². The lowest BCUT2D eigenvalue weighted by Crippen LogP contribution is -1.98. The van der Waals surface area contributed by atoms with Crippen molar-refractivity contribution in [1.29, 1.82) is 0 Å². The van der Waals surface area contributed by atoms with Gasteiger partial charge in [0.1, 0.15) is 5.76 Å². The number of aryl methyl sites for hydroxylation is 1. The van der Waals surface area contributed by atoms with Crippen LogP contribution in [-0.4, -0.2) is 6.16 Å². The number of cyclic esters (lactones) is 2. The first-order valence-electron chi connectivity index (χ1n) is 4.30. The van der Waals surface area contributed by atoms with Gasteiger partial charge in [0.25, 0.3) is 0 Å². The average Bonchev–Trinajstić information content (AvgIpc) is 2.47. The Bertz CT molecular complexity index is 378. The molecule has 0 amide bonds. The molecule has 0 saturated carbocycles. The van der Waals surface area contributed by atoms with E-state index in [1.165, 1.54) is 0 Å². The van der Waals surface area contributed by atoms with Gasteiger partial charge in [0, 0.05) is 5.56 Å². The first-order valence-corrected chi connectivity index (χ1v) is 4.30. The molecule has 14 heavy (non-hydrogen) atoms. The molecule has 2 rings (SSSR count). The highest BCUT2D eigenvalue weighted by Gasteiger charge is 2.30. The van der Waals surface area contributed by atoms with Crippen LogP contribution < -0.4 is 0 Å². The lowest BCUT2D eigenvalue weighted by Gasteiger charge is -2.07. The molecule has 1 atom stereocenters. The zero-order valence-corrected chi connectivity index (χ0v) is 7.82. The third-order valence-corrected chi connectivity index (χ3v) is 2.10. The molecule has 1 heterocycles. The highest BCUT2D eigenvalue weighted by molar-refractivity contribution is 5.65. The minimum atomic E-state index is -0.680. The van der Waals surface area contributed by atoms with Gasteiger partial charge in [-0.2, -0.15) is 0 Å². The van der Waals surface area contributed by atoms with Crippen LogP contribution in [0, 0.1) is 6.92 Å². The van der Waals surface area contributed by atoms with Gasteiger partial charge in [-0.15, -0.1) is 0 Å². The van der Waals surface area contributed by atoms with Crippen LogP contribution in [0.2, 0.25) is 0 Å². The number of rotatable bonds is 1. The smallest absolute Gasteiger partial charge is 0.418 e. The van der Waals surface area contributed by atoms with E-state index in [9.17, 15) is 4.79 Å². The molecule has 0 bridgehead atoms. The van der Waals surface area contributed by atoms with E-state index in [1.54, 1.807) is 0 Å². The highest BCUT2D eigenvalue weighted by Crippen LogP contribution is 2.31. The van der Waals surface area contributed by atoms with Gasteiger partial charge in [-0.25, -0.2) is 4.79 Å². The minimum Gasteiger partial charge on any atom is -0.418 e. The van der Waals surface area contributed by atoms with Gasteiger partial charge in [0.2, 0.25) is 0 Å². The number of carbonyl (C=O) groups excluding carboxylic acids is 1. The van der Waals surface area contributed by atoms with Gasteiger partial charge in [-0.1, -0.05) is 36.4 Å². The number of carbonyl (C=O) groups is 1. The van der Waals surface area contributed by atoms with Gasteiger partial charge in [-0.3, -0.25) is 0 Å². The van der Waals surface area contributed by atoms with Crippen LogP contribution >= 0.6 is 0 Å². The summed E-state index contributed by atoms with van der Waals surface area (Å²) in [7, 11) is 0. The molecule has 72 valence electrons. The highest BCUT2D eigenvalue weighted by atomic mass is 16.8. The topological polar surface area (TPSA) is 35.5 Å². The predicted octanol–water partition coefficient (Wildman–Crippen LogP) is 2.72. The minimum absolute atomic E-state index is 0.346. The fourth-order valence-electron chi connectivity index (χ4n) is 1.34. The lowest BCUT2D eigenvalue weighted by atomic mass is 10.1. The van der Waals surface area contributed by atoms with Gasteiger partial charge >= 0.3 is 6.16 Å². The largest absolute Gasteiger partial charge is 0.514 e. The molecule has 1 saturated heterocycles. The fraction of sp³-hybridized carbons (Fsp3) is 0.182. The molecular weight excluding hydrogens is 180 g/mol. The first kappa shape index (κ1) is 8.81. The van der Waals surface area contributed by atoms with E-state index >= 15 is 0 Å². The molecular formula is C11H10O3. The summed E-state index contributed by atoms with van der Waals surface area (Å²) in [5.74, 6) is 0.346. The zero-order valence-electron chi connectivity index (χ0n) is 7.82. The molecule has 1 fully saturated rings. The summed E-state index contributed by atoms with van der Waals surface area (Å²) in [5, 5.41) is 0. The van der Waals surface area contributed by atoms with Crippen LogP contribution in [0.15, 0.2) is 36.6 Å². The van der Waals surface area contributed by atoms with E-state index < -0.39 is 12.3 Å². The van der Waals surface area contributed by atoms with Crippen LogP contribution in [-0.2, 0) is 9.47 Å². The quantitative estimate of drug-likeness (QED) is 0.638. The molecule has 1 unspecified atom stereocenters. The Balaban J connectivity index is 2.27. The Labute approximate surface area is 81.9 Å². The van der Waals surface area contributed by atoms with Gasteiger partial charge < -0.3 is 9.47 Å². The molecule has 1 aliphatic heterocycles. The molecule has 1 aromatic rings. The molecule has 0 aliphatic carbocycles. The van der Waals surface area contributed by atoms with Crippen molar-refractivity contribution in [2.45, 2.75) is 13.0 Å². The van der Waals surface area contributed by atoms with E-state index in [4.69, 9.17) is 9.47 Å². The molecule has 1 aromatic carbocycles. The standard InChI is InChI=1S/C11H10O3/c1-7-3-5-9(6-4-7)10-8(2)13-11(12)14-10/h3-6,10H,2H2,1H3. The maximum Gasteiger partial charge on any atom is 0.514 e. The molecule has 3 heteroatoms. The van der Waals surface area contributed by atoms with E-state index in [0.717, 1.165) is 11.1 Å². The second-order valence-corrected chi connectivity index (χ2v) is 3.23. The summed E-state index contributed by atoms with van der Waals surface area (Å²) in [5.41, 5.74) is 2.04. The average molecular weight is 190 g/mol. The molecule has 0 aromatic heterocycles. The number of hydrogen-bond donors (Lipinski definition) is 0. The zero-order chi connectivity index (χ0) is 10.1. The van der Waals surface area contributed by atoms with Crippen molar-refractivity contribution < 1.29 is 14.3 Å². The fourth-order valence-corrected chi connectivity index (χ4v) is 1.34. The number of benzene rings is 1. The Morgan fingerprint density at radius 1 is 1.29 bits per heavy atom. The summed E-state index contributed by atoms with van der Waals surface area (Å²) in [6, 6.07) is 7.70. The van der Waals surface area contributed by atoms with Crippen molar-refractivity contribution in [2.24, 2.45) is 0 Å². The Morgan fingerprint density at radius 2 is 1.93 bits per heavy atom. The van der Waals surface area contributed by atoms with Crippen LogP contribution in [0.4, 0.5) is 4.79 Å². The second-order valence-electron chi connectivity index (χ2n) is 3.23. The maximum atomic E-state index is 10.8. The van der Waals surface area contributed by atoms with Crippen LogP contribution in [0.25, 0.3) is 0 Å². The molecule has 1 aliphatic rings. The van der Waals surface area contributed by atoms with E-state index in [0.29, 0.717) is 5.76 Å².